The van der Waals surface area contributed by atoms with Gasteiger partial charge >= 0.3 is 5.82 Å². The largest absolute Gasteiger partial charge is 0.493 e. The van der Waals surface area contributed by atoms with Gasteiger partial charge in [-0.05, 0) is 46.6 Å². The first-order valence-corrected chi connectivity index (χ1v) is 9.67. The van der Waals surface area contributed by atoms with Crippen LogP contribution in [0.2, 0.25) is 0 Å². The number of nitrogens with zero attached hydrogens (tertiary/aromatic N) is 3. The van der Waals surface area contributed by atoms with Gasteiger partial charge in [0.05, 0.1) is 14.2 Å². The van der Waals surface area contributed by atoms with Crippen molar-refractivity contribution in [1.29, 1.82) is 0 Å². The van der Waals surface area contributed by atoms with Gasteiger partial charge in [-0.25, -0.2) is 14.2 Å². The SMILES string of the molecule is COc1ccc(CCNC(=O)C[n+]2c(-c3nonc3N)[nH]c3ccccc32)cc1OC. The molecule has 1 amide bonds. The molecule has 10 nitrogen and oxygen atoms in total. The van der Waals surface area contributed by atoms with Crippen LogP contribution in [0.5, 0.6) is 11.5 Å². The third kappa shape index (κ3) is 4.13. The first kappa shape index (κ1) is 20.2. The minimum Gasteiger partial charge on any atom is -0.493 e. The van der Waals surface area contributed by atoms with E-state index in [1.165, 1.54) is 0 Å². The van der Waals surface area contributed by atoms with Crippen LogP contribution in [0.4, 0.5) is 5.82 Å². The Hall–Kier alpha value is -4.08. The van der Waals surface area contributed by atoms with E-state index in [0.29, 0.717) is 36.0 Å². The average molecular weight is 423 g/mol. The molecule has 10 heteroatoms. The van der Waals surface area contributed by atoms with Crippen molar-refractivity contribution in [2.45, 2.75) is 13.0 Å². The number of imidazole rings is 1. The van der Waals surface area contributed by atoms with Crippen LogP contribution < -0.4 is 25.1 Å². The molecule has 0 bridgehead atoms. The van der Waals surface area contributed by atoms with Gasteiger partial charge in [-0.2, -0.15) is 0 Å². The average Bonchev–Trinajstić information content (AvgIpc) is 3.36. The van der Waals surface area contributed by atoms with Crippen molar-refractivity contribution < 1.29 is 23.5 Å². The highest BCUT2D eigenvalue weighted by atomic mass is 16.6. The second kappa shape index (κ2) is 8.74. The maximum Gasteiger partial charge on any atom is 0.314 e. The quantitative estimate of drug-likeness (QED) is 0.366. The lowest BCUT2D eigenvalue weighted by Crippen LogP contribution is -2.44. The summed E-state index contributed by atoms with van der Waals surface area (Å²) in [6.45, 7) is 0.553. The molecule has 2 aromatic carbocycles. The van der Waals surface area contributed by atoms with E-state index in [9.17, 15) is 4.79 Å². The number of methoxy groups -OCH3 is 2. The number of benzene rings is 2. The number of H-pyrrole nitrogens is 1. The maximum atomic E-state index is 12.7. The van der Waals surface area contributed by atoms with E-state index in [1.807, 2.05) is 42.5 Å². The number of anilines is 1. The summed E-state index contributed by atoms with van der Waals surface area (Å²) in [4.78, 5) is 15.9. The summed E-state index contributed by atoms with van der Waals surface area (Å²) in [6, 6.07) is 13.3. The number of aromatic amines is 1. The molecule has 0 saturated carbocycles. The normalized spacial score (nSPS) is 10.9. The van der Waals surface area contributed by atoms with Crippen molar-refractivity contribution in [3.05, 3.63) is 48.0 Å². The Bertz CT molecular complexity index is 1220. The molecule has 0 spiro atoms. The highest BCUT2D eigenvalue weighted by Gasteiger charge is 2.27. The lowest BCUT2D eigenvalue weighted by Gasteiger charge is -2.10. The Morgan fingerprint density at radius 3 is 2.71 bits per heavy atom. The number of hydrogen-bond acceptors (Lipinski definition) is 7. The minimum absolute atomic E-state index is 0.0809. The first-order chi connectivity index (χ1) is 15.1. The van der Waals surface area contributed by atoms with Crippen molar-refractivity contribution in [3.8, 4) is 23.0 Å². The van der Waals surface area contributed by atoms with Gasteiger partial charge in [-0.3, -0.25) is 4.79 Å². The van der Waals surface area contributed by atoms with Gasteiger partial charge in [0, 0.05) is 6.54 Å². The summed E-state index contributed by atoms with van der Waals surface area (Å²) in [5.41, 5.74) is 8.93. The Morgan fingerprint density at radius 2 is 1.97 bits per heavy atom. The molecular formula is C21H23N6O4+. The van der Waals surface area contributed by atoms with Crippen LogP contribution >= 0.6 is 0 Å². The molecule has 0 fully saturated rings. The van der Waals surface area contributed by atoms with Gasteiger partial charge in [-0.1, -0.05) is 18.2 Å². The second-order valence-electron chi connectivity index (χ2n) is 6.86. The number of amides is 1. The molecule has 4 aromatic rings. The van der Waals surface area contributed by atoms with E-state index in [0.717, 1.165) is 16.6 Å². The summed E-state index contributed by atoms with van der Waals surface area (Å²) in [6.07, 6.45) is 0.650. The van der Waals surface area contributed by atoms with Gasteiger partial charge in [0.15, 0.2) is 29.1 Å². The predicted octanol–water partition coefficient (Wildman–Crippen LogP) is 1.46. The van der Waals surface area contributed by atoms with Crippen molar-refractivity contribution in [2.75, 3.05) is 26.5 Å². The number of carbonyl (C=O) groups excluding carboxylic acids is 1. The van der Waals surface area contributed by atoms with Crippen LogP contribution in [-0.4, -0.2) is 42.0 Å². The fraction of sp³-hybridized carbons (Fsp3) is 0.238. The van der Waals surface area contributed by atoms with E-state index in [-0.39, 0.29) is 18.3 Å². The molecule has 0 unspecified atom stereocenters. The molecule has 0 radical (unpaired) electrons. The number of nitrogens with one attached hydrogen (secondary N) is 2. The fourth-order valence-corrected chi connectivity index (χ4v) is 3.42. The van der Waals surface area contributed by atoms with Crippen molar-refractivity contribution in [3.63, 3.8) is 0 Å². The van der Waals surface area contributed by atoms with E-state index in [1.54, 1.807) is 18.8 Å². The van der Waals surface area contributed by atoms with Gasteiger partial charge < -0.3 is 20.5 Å². The highest BCUT2D eigenvalue weighted by Crippen LogP contribution is 2.27. The summed E-state index contributed by atoms with van der Waals surface area (Å²) in [5, 5.41) is 10.4. The molecule has 0 aliphatic carbocycles. The zero-order valence-corrected chi connectivity index (χ0v) is 17.2. The van der Waals surface area contributed by atoms with Crippen LogP contribution in [0.25, 0.3) is 22.6 Å². The number of nitrogen functional groups attached to an aromatic ring is 1. The Kier molecular flexibility index (Phi) is 5.69. The third-order valence-corrected chi connectivity index (χ3v) is 4.94. The maximum absolute atomic E-state index is 12.7. The fourth-order valence-electron chi connectivity index (χ4n) is 3.42. The van der Waals surface area contributed by atoms with Crippen LogP contribution in [0.1, 0.15) is 5.56 Å². The molecule has 4 rings (SSSR count). The number of para-hydroxylation sites is 2. The highest BCUT2D eigenvalue weighted by molar-refractivity contribution is 5.78. The van der Waals surface area contributed by atoms with Crippen molar-refractivity contribution in [2.24, 2.45) is 0 Å². The molecule has 2 heterocycles. The summed E-state index contributed by atoms with van der Waals surface area (Å²) in [5.74, 6) is 1.87. The Balaban J connectivity index is 1.47. The molecule has 0 saturated heterocycles. The number of hydrogen-bond donors (Lipinski definition) is 3. The number of carbonyl (C=O) groups is 1. The standard InChI is InChI=1S/C21H22N6O4/c1-29-16-8-7-13(11-17(16)30-2)9-10-23-18(28)12-27-15-6-4-3-5-14(15)24-21(27)19-20(22)26-31-25-19/h3-8,11H,9-10,12H2,1-2H3,(H3,22,23,26,28)/p+1. The lowest BCUT2D eigenvalue weighted by molar-refractivity contribution is -0.647. The van der Waals surface area contributed by atoms with Crippen LogP contribution in [-0.2, 0) is 17.8 Å². The van der Waals surface area contributed by atoms with Gasteiger partial charge in [0.25, 0.3) is 5.91 Å². The summed E-state index contributed by atoms with van der Waals surface area (Å²) < 4.78 is 17.1. The van der Waals surface area contributed by atoms with Gasteiger partial charge in [0.2, 0.25) is 11.5 Å². The third-order valence-electron chi connectivity index (χ3n) is 4.94. The topological polar surface area (TPSA) is 132 Å². The summed E-state index contributed by atoms with van der Waals surface area (Å²) >= 11 is 0. The molecule has 160 valence electrons. The molecule has 2 aromatic heterocycles. The summed E-state index contributed by atoms with van der Waals surface area (Å²) in [7, 11) is 3.19. The zero-order chi connectivity index (χ0) is 21.8. The Morgan fingerprint density at radius 1 is 1.16 bits per heavy atom. The molecule has 0 atom stereocenters. The lowest BCUT2D eigenvalue weighted by atomic mass is 10.1. The number of nitrogens with two attached hydrogens (primary N) is 1. The predicted molar refractivity (Wildman–Crippen MR) is 112 cm³/mol. The second-order valence-corrected chi connectivity index (χ2v) is 6.86. The molecule has 0 aliphatic heterocycles. The van der Waals surface area contributed by atoms with Crippen molar-refractivity contribution >= 4 is 22.8 Å². The number of aromatic nitrogens is 4. The molecule has 4 N–H and O–H groups in total. The van der Waals surface area contributed by atoms with Gasteiger partial charge in [0.1, 0.15) is 0 Å². The van der Waals surface area contributed by atoms with E-state index < -0.39 is 0 Å². The Labute approximate surface area is 177 Å². The van der Waals surface area contributed by atoms with E-state index in [4.69, 9.17) is 19.8 Å². The van der Waals surface area contributed by atoms with Crippen molar-refractivity contribution in [1.82, 2.24) is 20.6 Å². The smallest absolute Gasteiger partial charge is 0.314 e. The zero-order valence-electron chi connectivity index (χ0n) is 17.2. The first-order valence-electron chi connectivity index (χ1n) is 9.67. The van der Waals surface area contributed by atoms with Crippen LogP contribution in [0.3, 0.4) is 0 Å². The molecular weight excluding hydrogens is 400 g/mol. The van der Waals surface area contributed by atoms with E-state index >= 15 is 0 Å². The molecule has 31 heavy (non-hydrogen) atoms. The van der Waals surface area contributed by atoms with E-state index in [2.05, 4.69) is 20.6 Å². The van der Waals surface area contributed by atoms with Gasteiger partial charge in [-0.15, -0.1) is 0 Å². The number of rotatable bonds is 8. The number of ether oxygens (including phenoxy) is 2. The van der Waals surface area contributed by atoms with Crippen LogP contribution in [0, 0.1) is 0 Å². The van der Waals surface area contributed by atoms with Crippen LogP contribution in [0.15, 0.2) is 47.1 Å². The molecule has 0 aliphatic rings. The minimum atomic E-state index is -0.147. The number of fused-ring (bicyclic) bond motifs is 1. The monoisotopic (exact) mass is 423 g/mol.